The van der Waals surface area contributed by atoms with Gasteiger partial charge in [-0.15, -0.1) is 11.3 Å². The second-order valence-corrected chi connectivity index (χ2v) is 4.82. The summed E-state index contributed by atoms with van der Waals surface area (Å²) in [6, 6.07) is 3.63. The minimum absolute atomic E-state index is 0.0402. The van der Waals surface area contributed by atoms with Crippen LogP contribution in [-0.2, 0) is 13.5 Å². The van der Waals surface area contributed by atoms with Crippen LogP contribution in [-0.4, -0.2) is 20.8 Å². The third-order valence-corrected chi connectivity index (χ3v) is 3.08. The molecule has 78 valence electrons. The molecule has 0 radical (unpaired) electrons. The van der Waals surface area contributed by atoms with Crippen LogP contribution in [0.5, 0.6) is 0 Å². The van der Waals surface area contributed by atoms with Crippen LogP contribution in [0.25, 0.3) is 0 Å². The molecule has 0 aromatic carbocycles. The summed E-state index contributed by atoms with van der Waals surface area (Å²) < 4.78 is 0.692. The smallest absolute Gasteiger partial charge is 0.189 e. The van der Waals surface area contributed by atoms with E-state index in [4.69, 9.17) is 11.6 Å². The number of halogens is 1. The van der Waals surface area contributed by atoms with E-state index in [2.05, 4.69) is 10.2 Å². The highest BCUT2D eigenvalue weighted by atomic mass is 35.5. The van der Waals surface area contributed by atoms with Gasteiger partial charge in [0.05, 0.1) is 10.5 Å². The van der Waals surface area contributed by atoms with Gasteiger partial charge in [-0.1, -0.05) is 11.6 Å². The Morgan fingerprint density at radius 3 is 2.93 bits per heavy atom. The summed E-state index contributed by atoms with van der Waals surface area (Å²) in [6.45, 7) is 0. The molecular weight excluding hydrogens is 234 g/mol. The van der Waals surface area contributed by atoms with Gasteiger partial charge < -0.3 is 0 Å². The maximum absolute atomic E-state index is 11.7. The Balaban J connectivity index is 2.10. The molecule has 0 fully saturated rings. The van der Waals surface area contributed by atoms with Crippen molar-refractivity contribution in [3.63, 3.8) is 0 Å². The van der Waals surface area contributed by atoms with E-state index in [0.717, 1.165) is 4.88 Å². The monoisotopic (exact) mass is 241 g/mol. The summed E-state index contributed by atoms with van der Waals surface area (Å²) in [4.78, 5) is 14.0. The number of aromatic nitrogens is 3. The predicted octanol–water partition coefficient (Wildman–Crippen LogP) is 1.96. The molecule has 0 atom stereocenters. The van der Waals surface area contributed by atoms with Crippen molar-refractivity contribution >= 4 is 28.7 Å². The van der Waals surface area contributed by atoms with E-state index in [1.54, 1.807) is 13.1 Å². The average molecular weight is 242 g/mol. The van der Waals surface area contributed by atoms with Crippen LogP contribution in [0.2, 0.25) is 4.34 Å². The van der Waals surface area contributed by atoms with Crippen LogP contribution in [0.15, 0.2) is 18.3 Å². The zero-order valence-electron chi connectivity index (χ0n) is 7.98. The molecule has 2 aromatic rings. The van der Waals surface area contributed by atoms with Gasteiger partial charge in [0.25, 0.3) is 0 Å². The van der Waals surface area contributed by atoms with E-state index in [1.807, 2.05) is 6.07 Å². The van der Waals surface area contributed by atoms with E-state index in [1.165, 1.54) is 22.3 Å². The number of aryl methyl sites for hydroxylation is 1. The van der Waals surface area contributed by atoms with Gasteiger partial charge in [-0.25, -0.2) is 0 Å². The molecule has 0 spiro atoms. The fraction of sp³-hybridized carbons (Fsp3) is 0.222. The van der Waals surface area contributed by atoms with Crippen molar-refractivity contribution in [3.05, 3.63) is 33.2 Å². The first-order chi connectivity index (χ1) is 7.15. The molecule has 0 saturated heterocycles. The normalized spacial score (nSPS) is 10.5. The lowest BCUT2D eigenvalue weighted by Crippen LogP contribution is -2.04. The van der Waals surface area contributed by atoms with Gasteiger partial charge in [0, 0.05) is 18.3 Å². The van der Waals surface area contributed by atoms with E-state index in [0.29, 0.717) is 16.5 Å². The molecule has 6 heteroatoms. The van der Waals surface area contributed by atoms with Crippen molar-refractivity contribution in [1.29, 1.82) is 0 Å². The van der Waals surface area contributed by atoms with Gasteiger partial charge >= 0.3 is 0 Å². The van der Waals surface area contributed by atoms with Crippen LogP contribution in [0.4, 0.5) is 0 Å². The fourth-order valence-electron chi connectivity index (χ4n) is 1.17. The van der Waals surface area contributed by atoms with Gasteiger partial charge in [0.15, 0.2) is 5.78 Å². The Bertz CT molecular complexity index is 491. The zero-order valence-corrected chi connectivity index (χ0v) is 9.55. The van der Waals surface area contributed by atoms with Crippen LogP contribution in [0, 0.1) is 0 Å². The Morgan fingerprint density at radius 1 is 1.60 bits per heavy atom. The van der Waals surface area contributed by atoms with Crippen LogP contribution in [0.3, 0.4) is 0 Å². The van der Waals surface area contributed by atoms with Crippen molar-refractivity contribution in [2.75, 3.05) is 0 Å². The number of Topliss-reactive ketones (excluding diaryl/α,β-unsaturated/α-hetero) is 1. The summed E-state index contributed by atoms with van der Waals surface area (Å²) in [6.07, 6.45) is 1.80. The van der Waals surface area contributed by atoms with Crippen molar-refractivity contribution in [1.82, 2.24) is 15.0 Å². The Kier molecular flexibility index (Phi) is 2.83. The first kappa shape index (κ1) is 10.3. The first-order valence-electron chi connectivity index (χ1n) is 4.29. The Hall–Kier alpha value is -1.20. The fourth-order valence-corrected chi connectivity index (χ4v) is 2.26. The molecule has 15 heavy (non-hydrogen) atoms. The molecule has 0 aliphatic rings. The molecule has 4 nitrogen and oxygen atoms in total. The number of hydrogen-bond donors (Lipinski definition) is 0. The SMILES string of the molecule is Cn1ncc(C(=O)Cc2ccc(Cl)s2)n1. The average Bonchev–Trinajstić information content (AvgIpc) is 2.75. The zero-order chi connectivity index (χ0) is 10.8. The number of hydrogen-bond acceptors (Lipinski definition) is 4. The quantitative estimate of drug-likeness (QED) is 0.772. The topological polar surface area (TPSA) is 47.8 Å². The lowest BCUT2D eigenvalue weighted by Gasteiger charge is -1.92. The minimum Gasteiger partial charge on any atom is -0.292 e. The van der Waals surface area contributed by atoms with Gasteiger partial charge in [-0.05, 0) is 12.1 Å². The molecule has 0 N–H and O–H groups in total. The maximum Gasteiger partial charge on any atom is 0.189 e. The van der Waals surface area contributed by atoms with Gasteiger partial charge in [-0.2, -0.15) is 15.0 Å². The number of ketones is 1. The minimum atomic E-state index is -0.0402. The van der Waals surface area contributed by atoms with Crippen molar-refractivity contribution in [3.8, 4) is 0 Å². The van der Waals surface area contributed by atoms with Crippen molar-refractivity contribution in [2.24, 2.45) is 7.05 Å². The molecule has 0 amide bonds. The molecule has 0 aliphatic heterocycles. The molecule has 0 unspecified atom stereocenters. The molecule has 2 rings (SSSR count). The molecule has 0 bridgehead atoms. The first-order valence-corrected chi connectivity index (χ1v) is 5.48. The number of nitrogens with zero attached hydrogens (tertiary/aromatic N) is 3. The Morgan fingerprint density at radius 2 is 2.40 bits per heavy atom. The van der Waals surface area contributed by atoms with Crippen LogP contribution in [0.1, 0.15) is 15.4 Å². The summed E-state index contributed by atoms with van der Waals surface area (Å²) in [5.41, 5.74) is 0.391. The van der Waals surface area contributed by atoms with E-state index >= 15 is 0 Å². The molecule has 2 heterocycles. The van der Waals surface area contributed by atoms with Crippen LogP contribution < -0.4 is 0 Å². The number of carbonyl (C=O) groups is 1. The highest BCUT2D eigenvalue weighted by molar-refractivity contribution is 7.16. The van der Waals surface area contributed by atoms with E-state index in [9.17, 15) is 4.79 Å². The third-order valence-electron chi connectivity index (χ3n) is 1.85. The Labute approximate surface area is 95.5 Å². The number of carbonyl (C=O) groups excluding carboxylic acids is 1. The van der Waals surface area contributed by atoms with Gasteiger partial charge in [0.2, 0.25) is 0 Å². The molecule has 2 aromatic heterocycles. The summed E-state index contributed by atoms with van der Waals surface area (Å²) in [5.74, 6) is -0.0402. The second-order valence-electron chi connectivity index (χ2n) is 3.03. The highest BCUT2D eigenvalue weighted by Crippen LogP contribution is 2.22. The predicted molar refractivity (Wildman–Crippen MR) is 58.4 cm³/mol. The summed E-state index contributed by atoms with van der Waals surface area (Å²) >= 11 is 7.18. The molecular formula is C9H8ClN3OS. The second kappa shape index (κ2) is 4.12. The lowest BCUT2D eigenvalue weighted by molar-refractivity contribution is 0.0988. The van der Waals surface area contributed by atoms with Gasteiger partial charge in [-0.3, -0.25) is 4.79 Å². The van der Waals surface area contributed by atoms with E-state index < -0.39 is 0 Å². The van der Waals surface area contributed by atoms with Crippen molar-refractivity contribution < 1.29 is 4.79 Å². The van der Waals surface area contributed by atoms with E-state index in [-0.39, 0.29) is 5.78 Å². The number of thiophene rings is 1. The van der Waals surface area contributed by atoms with Crippen LogP contribution >= 0.6 is 22.9 Å². The standard InChI is InChI=1S/C9H8ClN3OS/c1-13-11-5-7(12-13)8(14)4-6-2-3-9(10)15-6/h2-3,5H,4H2,1H3. The molecule has 0 aliphatic carbocycles. The number of rotatable bonds is 3. The third kappa shape index (κ3) is 2.43. The largest absolute Gasteiger partial charge is 0.292 e. The highest BCUT2D eigenvalue weighted by Gasteiger charge is 2.11. The lowest BCUT2D eigenvalue weighted by atomic mass is 10.2. The van der Waals surface area contributed by atoms with Crippen molar-refractivity contribution in [2.45, 2.75) is 6.42 Å². The molecule has 0 saturated carbocycles. The van der Waals surface area contributed by atoms with Gasteiger partial charge in [0.1, 0.15) is 5.69 Å². The maximum atomic E-state index is 11.7. The summed E-state index contributed by atoms with van der Waals surface area (Å²) in [5, 5.41) is 7.79. The summed E-state index contributed by atoms with van der Waals surface area (Å²) in [7, 11) is 1.68.